The van der Waals surface area contributed by atoms with Crippen LogP contribution in [0.25, 0.3) is 0 Å². The zero-order valence-corrected chi connectivity index (χ0v) is 17.9. The lowest BCUT2D eigenvalue weighted by Gasteiger charge is -2.43. The van der Waals surface area contributed by atoms with Crippen LogP contribution in [0.2, 0.25) is 0 Å². The van der Waals surface area contributed by atoms with Gasteiger partial charge in [-0.05, 0) is 30.5 Å². The van der Waals surface area contributed by atoms with Gasteiger partial charge in [-0.2, -0.15) is 5.10 Å². The van der Waals surface area contributed by atoms with Crippen molar-refractivity contribution >= 4 is 5.91 Å². The van der Waals surface area contributed by atoms with Crippen molar-refractivity contribution in [3.8, 4) is 11.5 Å². The lowest BCUT2D eigenvalue weighted by molar-refractivity contribution is -0.133. The van der Waals surface area contributed by atoms with Gasteiger partial charge in [0.05, 0.1) is 6.54 Å². The average Bonchev–Trinajstić information content (AvgIpc) is 3.50. The van der Waals surface area contributed by atoms with Gasteiger partial charge in [0.1, 0.15) is 12.7 Å². The SMILES string of the molecule is O=C(CCn1cncn1)N1CCC[C@@H](N2CCN(Cc3ccc4c(c3)OCO4)CC2)C1. The van der Waals surface area contributed by atoms with Crippen LogP contribution in [-0.2, 0) is 17.9 Å². The molecule has 0 aliphatic carbocycles. The summed E-state index contributed by atoms with van der Waals surface area (Å²) >= 11 is 0. The maximum Gasteiger partial charge on any atom is 0.231 e. The first-order valence-corrected chi connectivity index (χ1v) is 11.2. The molecule has 3 aliphatic heterocycles. The summed E-state index contributed by atoms with van der Waals surface area (Å²) in [5.41, 5.74) is 1.26. The molecule has 4 heterocycles. The van der Waals surface area contributed by atoms with Crippen molar-refractivity contribution in [1.82, 2.24) is 29.5 Å². The molecule has 0 unspecified atom stereocenters. The first kappa shape index (κ1) is 20.3. The molecule has 1 amide bonds. The minimum absolute atomic E-state index is 0.224. The van der Waals surface area contributed by atoms with Crippen molar-refractivity contribution < 1.29 is 14.3 Å². The second-order valence-corrected chi connectivity index (χ2v) is 8.54. The molecule has 9 heteroatoms. The molecule has 0 spiro atoms. The van der Waals surface area contributed by atoms with Crippen LogP contribution in [0.4, 0.5) is 0 Å². The fraction of sp³-hybridized carbons (Fsp3) is 0.591. The number of hydrogen-bond donors (Lipinski definition) is 0. The molecule has 166 valence electrons. The van der Waals surface area contributed by atoms with Crippen molar-refractivity contribution in [2.24, 2.45) is 0 Å². The Balaban J connectivity index is 1.09. The van der Waals surface area contributed by atoms with Gasteiger partial charge in [0.2, 0.25) is 12.7 Å². The summed E-state index contributed by atoms with van der Waals surface area (Å²) in [6.45, 7) is 7.76. The van der Waals surface area contributed by atoms with Gasteiger partial charge in [-0.3, -0.25) is 19.3 Å². The Morgan fingerprint density at radius 2 is 1.97 bits per heavy atom. The van der Waals surface area contributed by atoms with E-state index in [2.05, 4.69) is 32.0 Å². The van der Waals surface area contributed by atoms with Crippen LogP contribution in [0.3, 0.4) is 0 Å². The Morgan fingerprint density at radius 3 is 2.81 bits per heavy atom. The Hall–Kier alpha value is -2.65. The van der Waals surface area contributed by atoms with E-state index < -0.39 is 0 Å². The first-order chi connectivity index (χ1) is 15.2. The van der Waals surface area contributed by atoms with Crippen LogP contribution < -0.4 is 9.47 Å². The summed E-state index contributed by atoms with van der Waals surface area (Å²) in [4.78, 5) is 23.7. The molecule has 2 saturated heterocycles. The van der Waals surface area contributed by atoms with Crippen LogP contribution in [0.1, 0.15) is 24.8 Å². The maximum atomic E-state index is 12.7. The number of carbonyl (C=O) groups excluding carboxylic acids is 1. The van der Waals surface area contributed by atoms with Crippen molar-refractivity contribution in [3.05, 3.63) is 36.4 Å². The normalized spacial score (nSPS) is 22.1. The molecule has 0 N–H and O–H groups in total. The van der Waals surface area contributed by atoms with Crippen LogP contribution in [-0.4, -0.2) is 87.5 Å². The third-order valence-corrected chi connectivity index (χ3v) is 6.54. The highest BCUT2D eigenvalue weighted by atomic mass is 16.7. The molecule has 0 radical (unpaired) electrons. The van der Waals surface area contributed by atoms with E-state index in [1.807, 2.05) is 11.0 Å². The quantitative estimate of drug-likeness (QED) is 0.687. The number of amides is 1. The molecule has 0 saturated carbocycles. The van der Waals surface area contributed by atoms with Gasteiger partial charge in [0.25, 0.3) is 0 Å². The second-order valence-electron chi connectivity index (χ2n) is 8.54. The van der Waals surface area contributed by atoms with Gasteiger partial charge in [-0.15, -0.1) is 0 Å². The number of aryl methyl sites for hydroxylation is 1. The van der Waals surface area contributed by atoms with E-state index in [1.165, 1.54) is 18.3 Å². The summed E-state index contributed by atoms with van der Waals surface area (Å²) in [7, 11) is 0. The molecule has 2 aromatic rings. The van der Waals surface area contributed by atoms with Crippen molar-refractivity contribution in [3.63, 3.8) is 0 Å². The third-order valence-electron chi connectivity index (χ3n) is 6.54. The van der Waals surface area contributed by atoms with E-state index in [0.29, 0.717) is 25.8 Å². The third kappa shape index (κ3) is 4.83. The highest BCUT2D eigenvalue weighted by molar-refractivity contribution is 5.76. The van der Waals surface area contributed by atoms with Crippen LogP contribution in [0.15, 0.2) is 30.9 Å². The van der Waals surface area contributed by atoms with Gasteiger partial charge in [-0.1, -0.05) is 6.07 Å². The number of benzene rings is 1. The molecule has 9 nitrogen and oxygen atoms in total. The summed E-state index contributed by atoms with van der Waals surface area (Å²) in [5.74, 6) is 1.92. The molecular weight excluding hydrogens is 396 g/mol. The number of fused-ring (bicyclic) bond motifs is 1. The van der Waals surface area contributed by atoms with Crippen LogP contribution in [0.5, 0.6) is 11.5 Å². The van der Waals surface area contributed by atoms with Gasteiger partial charge in [-0.25, -0.2) is 4.98 Å². The van der Waals surface area contributed by atoms with E-state index >= 15 is 0 Å². The predicted molar refractivity (Wildman–Crippen MR) is 114 cm³/mol. The Labute approximate surface area is 182 Å². The lowest BCUT2D eigenvalue weighted by Crippen LogP contribution is -2.55. The van der Waals surface area contributed by atoms with E-state index in [-0.39, 0.29) is 5.91 Å². The molecule has 0 bridgehead atoms. The summed E-state index contributed by atoms with van der Waals surface area (Å²) in [5, 5.41) is 4.08. The van der Waals surface area contributed by atoms with Crippen molar-refractivity contribution in [2.75, 3.05) is 46.1 Å². The van der Waals surface area contributed by atoms with E-state index in [4.69, 9.17) is 9.47 Å². The molecule has 31 heavy (non-hydrogen) atoms. The van der Waals surface area contributed by atoms with Crippen molar-refractivity contribution in [2.45, 2.75) is 38.4 Å². The summed E-state index contributed by atoms with van der Waals surface area (Å²) < 4.78 is 12.6. The fourth-order valence-electron chi connectivity index (χ4n) is 4.78. The zero-order valence-electron chi connectivity index (χ0n) is 17.9. The molecule has 1 atom stereocenters. The number of nitrogens with zero attached hydrogens (tertiary/aromatic N) is 6. The minimum atomic E-state index is 0.224. The predicted octanol–water partition coefficient (Wildman–Crippen LogP) is 1.21. The van der Waals surface area contributed by atoms with E-state index in [1.54, 1.807) is 11.0 Å². The largest absolute Gasteiger partial charge is 0.454 e. The average molecular weight is 427 g/mol. The zero-order chi connectivity index (χ0) is 21.0. The number of piperidine rings is 1. The number of rotatable bonds is 6. The van der Waals surface area contributed by atoms with Gasteiger partial charge >= 0.3 is 0 Å². The monoisotopic (exact) mass is 426 g/mol. The standard InChI is InChI=1S/C22H30N6O3/c29-22(5-7-28-16-23-15-24-28)27-6-1-2-19(14-27)26-10-8-25(9-11-26)13-18-3-4-20-21(12-18)31-17-30-20/h3-4,12,15-16,19H,1-2,5-11,13-14,17H2/t19-/m1/s1. The first-order valence-electron chi connectivity index (χ1n) is 11.2. The highest BCUT2D eigenvalue weighted by Gasteiger charge is 2.30. The number of piperazine rings is 1. The second kappa shape index (κ2) is 9.23. The van der Waals surface area contributed by atoms with Crippen LogP contribution in [0, 0.1) is 0 Å². The summed E-state index contributed by atoms with van der Waals surface area (Å²) in [6.07, 6.45) is 5.91. The van der Waals surface area contributed by atoms with Gasteiger partial charge in [0.15, 0.2) is 11.5 Å². The number of ether oxygens (including phenoxy) is 2. The Bertz CT molecular complexity index is 881. The fourth-order valence-corrected chi connectivity index (χ4v) is 4.78. The summed E-state index contributed by atoms with van der Waals surface area (Å²) in [6, 6.07) is 6.70. The van der Waals surface area contributed by atoms with Gasteiger partial charge in [0, 0.05) is 58.3 Å². The maximum absolute atomic E-state index is 12.7. The number of likely N-dealkylation sites (tertiary alicyclic amines) is 1. The molecule has 1 aromatic carbocycles. The van der Waals surface area contributed by atoms with Crippen LogP contribution >= 0.6 is 0 Å². The number of aromatic nitrogens is 3. The van der Waals surface area contributed by atoms with Crippen molar-refractivity contribution in [1.29, 1.82) is 0 Å². The molecule has 5 rings (SSSR count). The highest BCUT2D eigenvalue weighted by Crippen LogP contribution is 2.33. The smallest absolute Gasteiger partial charge is 0.231 e. The Morgan fingerprint density at radius 1 is 1.10 bits per heavy atom. The topological polar surface area (TPSA) is 76.0 Å². The lowest BCUT2D eigenvalue weighted by atomic mass is 10.0. The van der Waals surface area contributed by atoms with E-state index in [0.717, 1.165) is 63.7 Å². The molecule has 3 aliphatic rings. The molecular formula is C22H30N6O3. The number of hydrogen-bond acceptors (Lipinski definition) is 7. The van der Waals surface area contributed by atoms with Gasteiger partial charge < -0.3 is 14.4 Å². The molecule has 1 aromatic heterocycles. The van der Waals surface area contributed by atoms with E-state index in [9.17, 15) is 4.79 Å². The molecule has 2 fully saturated rings. The minimum Gasteiger partial charge on any atom is -0.454 e. The Kier molecular flexibility index (Phi) is 6.04. The number of carbonyl (C=O) groups is 1.